The second-order valence-electron chi connectivity index (χ2n) is 4.43. The summed E-state index contributed by atoms with van der Waals surface area (Å²) in [5.74, 6) is 0.522. The molecule has 18 heavy (non-hydrogen) atoms. The van der Waals surface area contributed by atoms with E-state index in [1.54, 1.807) is 7.11 Å². The van der Waals surface area contributed by atoms with Crippen molar-refractivity contribution in [2.24, 2.45) is 5.73 Å². The topological polar surface area (TPSA) is 64.3 Å². The molecule has 0 atom stereocenters. The molecule has 1 aromatic carbocycles. The molecule has 100 valence electrons. The fraction of sp³-hybridized carbons (Fsp3) is 0.462. The molecule has 0 aliphatic carbocycles. The largest absolute Gasteiger partial charge is 0.497 e. The molecule has 1 aromatic rings. The zero-order chi connectivity index (χ0) is 12.3. The zero-order valence-corrected chi connectivity index (χ0v) is 11.3. The first-order chi connectivity index (χ1) is 8.19. The number of amides is 1. The smallest absolute Gasteiger partial charge is 0.228 e. The van der Waals surface area contributed by atoms with Gasteiger partial charge in [-0.15, -0.1) is 12.4 Å². The number of methoxy groups -OCH3 is 1. The number of hydrogen-bond donors (Lipinski definition) is 2. The van der Waals surface area contributed by atoms with Crippen LogP contribution in [0.2, 0.25) is 0 Å². The van der Waals surface area contributed by atoms with Gasteiger partial charge in [-0.05, 0) is 43.6 Å². The Morgan fingerprint density at radius 2 is 2.06 bits per heavy atom. The Morgan fingerprint density at radius 1 is 1.39 bits per heavy atom. The molecule has 3 N–H and O–H groups in total. The van der Waals surface area contributed by atoms with Gasteiger partial charge in [-0.1, -0.05) is 12.1 Å². The quantitative estimate of drug-likeness (QED) is 0.868. The lowest BCUT2D eigenvalue weighted by molar-refractivity contribution is -0.124. The molecule has 1 aliphatic rings. The number of ether oxygens (including phenoxy) is 1. The summed E-state index contributed by atoms with van der Waals surface area (Å²) in [5.41, 5.74) is 6.04. The minimum absolute atomic E-state index is 0. The van der Waals surface area contributed by atoms with Crippen LogP contribution in [0.1, 0.15) is 18.4 Å². The van der Waals surface area contributed by atoms with Crippen LogP contribution >= 0.6 is 12.4 Å². The summed E-state index contributed by atoms with van der Waals surface area (Å²) in [6.45, 7) is 1.64. The number of rotatable bonds is 3. The van der Waals surface area contributed by atoms with Crippen LogP contribution < -0.4 is 15.8 Å². The molecule has 1 amide bonds. The van der Waals surface area contributed by atoms with Crippen molar-refractivity contribution < 1.29 is 9.53 Å². The molecule has 1 heterocycles. The molecule has 1 aliphatic heterocycles. The second kappa shape index (κ2) is 6.07. The van der Waals surface area contributed by atoms with Crippen LogP contribution in [0, 0.1) is 0 Å². The van der Waals surface area contributed by atoms with Crippen LogP contribution in [0.25, 0.3) is 0 Å². The van der Waals surface area contributed by atoms with Gasteiger partial charge in [0.15, 0.2) is 0 Å². The monoisotopic (exact) mass is 270 g/mol. The molecule has 2 rings (SSSR count). The van der Waals surface area contributed by atoms with E-state index in [0.29, 0.717) is 0 Å². The molecular formula is C13H19ClN2O2. The van der Waals surface area contributed by atoms with Gasteiger partial charge in [-0.3, -0.25) is 4.79 Å². The molecule has 4 nitrogen and oxygen atoms in total. The number of carbonyl (C=O) groups is 1. The predicted molar refractivity (Wildman–Crippen MR) is 73.2 cm³/mol. The van der Waals surface area contributed by atoms with Gasteiger partial charge < -0.3 is 15.8 Å². The first kappa shape index (κ1) is 14.8. The first-order valence-electron chi connectivity index (χ1n) is 5.84. The second-order valence-corrected chi connectivity index (χ2v) is 4.43. The summed E-state index contributed by atoms with van der Waals surface area (Å²) >= 11 is 0. The van der Waals surface area contributed by atoms with E-state index in [2.05, 4.69) is 5.32 Å². The van der Waals surface area contributed by atoms with E-state index in [9.17, 15) is 4.79 Å². The molecule has 1 fully saturated rings. The molecule has 0 bridgehead atoms. The average molecular weight is 271 g/mol. The molecule has 0 radical (unpaired) electrons. The van der Waals surface area contributed by atoms with Gasteiger partial charge in [-0.25, -0.2) is 0 Å². The zero-order valence-electron chi connectivity index (χ0n) is 10.4. The van der Waals surface area contributed by atoms with Gasteiger partial charge in [0.25, 0.3) is 0 Å². The van der Waals surface area contributed by atoms with Gasteiger partial charge in [0.1, 0.15) is 5.75 Å². The van der Waals surface area contributed by atoms with Crippen molar-refractivity contribution in [3.63, 3.8) is 0 Å². The number of primary amides is 1. The summed E-state index contributed by atoms with van der Waals surface area (Å²) in [6, 6.07) is 7.65. The lowest BCUT2D eigenvalue weighted by Crippen LogP contribution is -2.48. The lowest BCUT2D eigenvalue weighted by atomic mass is 9.72. The van der Waals surface area contributed by atoms with E-state index in [1.165, 1.54) is 0 Å². The van der Waals surface area contributed by atoms with Crippen LogP contribution in [0.15, 0.2) is 24.3 Å². The third-order valence-corrected chi connectivity index (χ3v) is 3.55. The third-order valence-electron chi connectivity index (χ3n) is 3.55. The summed E-state index contributed by atoms with van der Waals surface area (Å²) < 4.78 is 5.20. The highest BCUT2D eigenvalue weighted by molar-refractivity contribution is 5.87. The Morgan fingerprint density at radius 3 is 2.61 bits per heavy atom. The van der Waals surface area contributed by atoms with Crippen LogP contribution in [-0.2, 0) is 10.2 Å². The predicted octanol–water partition coefficient (Wildman–Crippen LogP) is 1.22. The summed E-state index contributed by atoms with van der Waals surface area (Å²) in [5, 5.41) is 3.25. The van der Waals surface area contributed by atoms with Gasteiger partial charge in [0.2, 0.25) is 5.91 Å². The van der Waals surface area contributed by atoms with Crippen molar-refractivity contribution in [1.29, 1.82) is 0 Å². The van der Waals surface area contributed by atoms with E-state index < -0.39 is 5.41 Å². The van der Waals surface area contributed by atoms with Crippen LogP contribution in [0.4, 0.5) is 0 Å². The number of hydrogen-bond acceptors (Lipinski definition) is 3. The number of nitrogens with one attached hydrogen (secondary N) is 1. The summed E-state index contributed by atoms with van der Waals surface area (Å²) in [7, 11) is 1.62. The fourth-order valence-electron chi connectivity index (χ4n) is 2.45. The number of benzene rings is 1. The Hall–Kier alpha value is -1.26. The summed E-state index contributed by atoms with van der Waals surface area (Å²) in [4.78, 5) is 11.8. The van der Waals surface area contributed by atoms with E-state index in [4.69, 9.17) is 10.5 Å². The molecule has 0 saturated carbocycles. The molecule has 1 saturated heterocycles. The highest BCUT2D eigenvalue weighted by Gasteiger charge is 2.39. The third kappa shape index (κ3) is 2.60. The number of halogens is 1. The molecule has 5 heteroatoms. The van der Waals surface area contributed by atoms with E-state index in [-0.39, 0.29) is 18.3 Å². The van der Waals surface area contributed by atoms with E-state index >= 15 is 0 Å². The minimum Gasteiger partial charge on any atom is -0.497 e. The van der Waals surface area contributed by atoms with Crippen LogP contribution in [-0.4, -0.2) is 26.1 Å². The van der Waals surface area contributed by atoms with Crippen molar-refractivity contribution in [3.8, 4) is 5.75 Å². The molecule has 0 unspecified atom stereocenters. The molecule has 0 spiro atoms. The Kier molecular flexibility index (Phi) is 4.99. The standard InChI is InChI=1S/C13H18N2O2.ClH/c1-17-11-4-2-3-10(9-11)13(12(14)16)5-7-15-8-6-13;/h2-4,9,15H,5-8H2,1H3,(H2,14,16);1H. The van der Waals surface area contributed by atoms with Crippen LogP contribution in [0.5, 0.6) is 5.75 Å². The van der Waals surface area contributed by atoms with E-state index in [1.807, 2.05) is 24.3 Å². The van der Waals surface area contributed by atoms with Crippen molar-refractivity contribution in [2.45, 2.75) is 18.3 Å². The highest BCUT2D eigenvalue weighted by Crippen LogP contribution is 2.34. The van der Waals surface area contributed by atoms with Crippen molar-refractivity contribution in [3.05, 3.63) is 29.8 Å². The first-order valence-corrected chi connectivity index (χ1v) is 5.84. The number of carbonyl (C=O) groups excluding carboxylic acids is 1. The summed E-state index contributed by atoms with van der Waals surface area (Å²) in [6.07, 6.45) is 1.49. The van der Waals surface area contributed by atoms with Gasteiger partial charge in [-0.2, -0.15) is 0 Å². The highest BCUT2D eigenvalue weighted by atomic mass is 35.5. The number of piperidine rings is 1. The van der Waals surface area contributed by atoms with Gasteiger partial charge in [0.05, 0.1) is 12.5 Å². The Bertz CT molecular complexity index is 417. The fourth-order valence-corrected chi connectivity index (χ4v) is 2.45. The van der Waals surface area contributed by atoms with Crippen molar-refractivity contribution in [2.75, 3.05) is 20.2 Å². The molecular weight excluding hydrogens is 252 g/mol. The maximum atomic E-state index is 11.8. The number of nitrogens with two attached hydrogens (primary N) is 1. The maximum Gasteiger partial charge on any atom is 0.228 e. The SMILES string of the molecule is COc1cccc(C2(C(N)=O)CCNCC2)c1.Cl. The maximum absolute atomic E-state index is 11.8. The van der Waals surface area contributed by atoms with Gasteiger partial charge >= 0.3 is 0 Å². The normalized spacial score (nSPS) is 17.6. The Labute approximate surface area is 113 Å². The Balaban J connectivity index is 0.00000162. The molecule has 0 aromatic heterocycles. The van der Waals surface area contributed by atoms with Crippen molar-refractivity contribution >= 4 is 18.3 Å². The minimum atomic E-state index is -0.542. The average Bonchev–Trinajstić information content (AvgIpc) is 2.39. The van der Waals surface area contributed by atoms with Gasteiger partial charge in [0, 0.05) is 0 Å². The van der Waals surface area contributed by atoms with Crippen LogP contribution in [0.3, 0.4) is 0 Å². The van der Waals surface area contributed by atoms with Crippen molar-refractivity contribution in [1.82, 2.24) is 5.32 Å². The lowest BCUT2D eigenvalue weighted by Gasteiger charge is -2.35. The van der Waals surface area contributed by atoms with E-state index in [0.717, 1.165) is 37.2 Å².